The lowest BCUT2D eigenvalue weighted by atomic mass is 10.0. The fraction of sp³-hybridized carbons (Fsp3) is 0.261. The topological polar surface area (TPSA) is 233 Å². The molecule has 8 N–H and O–H groups in total. The van der Waals surface area contributed by atoms with Crippen molar-refractivity contribution in [1.29, 1.82) is 0 Å². The summed E-state index contributed by atoms with van der Waals surface area (Å²) in [5.74, 6) is 0.508. The van der Waals surface area contributed by atoms with E-state index in [9.17, 15) is 29.4 Å². The van der Waals surface area contributed by atoms with Crippen LogP contribution in [0.25, 0.3) is 22.5 Å². The second-order valence-corrected chi connectivity index (χ2v) is 15.7. The number of carbonyl (C=O) groups excluding carboxylic acids is 4. The van der Waals surface area contributed by atoms with Crippen LogP contribution in [0.1, 0.15) is 25.7 Å². The number of phenolic OH excluding ortho intramolecular Hbond substituents is 2. The molecule has 2 fully saturated rings. The standard InChI is InChI=1S/2C23H26N6O3.2ClH/c2*1-27(18-9-11-28(12-10-18)19-5-7-20(30)8-6-19)23(32)29-14-21(25-15-29)16-3-2-4-17(13-16)26-22(24)31;;/h2*2-8,13-15,18,30H,9-12H2,1H3,(H3,24,26,31);2*1H. The highest BCUT2D eigenvalue weighted by atomic mass is 35.5. The predicted octanol–water partition coefficient (Wildman–Crippen LogP) is 7.47. The van der Waals surface area contributed by atoms with E-state index < -0.39 is 12.1 Å². The highest BCUT2D eigenvalue weighted by molar-refractivity contribution is 5.89. The van der Waals surface area contributed by atoms with E-state index in [1.54, 1.807) is 82.9 Å². The number of phenols is 2. The van der Waals surface area contributed by atoms with Gasteiger partial charge in [-0.1, -0.05) is 24.3 Å². The smallest absolute Gasteiger partial charge is 0.329 e. The number of benzene rings is 4. The van der Waals surface area contributed by atoms with Crippen LogP contribution in [0.15, 0.2) is 122 Å². The van der Waals surface area contributed by atoms with Crippen LogP contribution in [-0.2, 0) is 0 Å². The number of urea groups is 2. The monoisotopic (exact) mass is 940 g/mol. The van der Waals surface area contributed by atoms with E-state index in [4.69, 9.17) is 11.5 Å². The van der Waals surface area contributed by atoms with Gasteiger partial charge >= 0.3 is 24.1 Å². The molecule has 6 amide bonds. The summed E-state index contributed by atoms with van der Waals surface area (Å²) < 4.78 is 2.96. The lowest BCUT2D eigenvalue weighted by Crippen LogP contribution is -2.46. The molecule has 0 unspecified atom stereocenters. The molecule has 6 aromatic rings. The number of rotatable bonds is 8. The SMILES string of the molecule is CN(C(=O)n1cnc(-c2cccc(NC(N)=O)c2)c1)C1CCN(c2ccc(O)cc2)CC1.CN(C(=O)n1cnc(-c2cccc(NC(N)=O)c2)c1)C1CCN(c2ccc(O)cc2)CC1.Cl.Cl. The van der Waals surface area contributed by atoms with Crippen LogP contribution in [0.4, 0.5) is 41.9 Å². The summed E-state index contributed by atoms with van der Waals surface area (Å²) >= 11 is 0. The number of nitrogens with zero attached hydrogens (tertiary/aromatic N) is 8. The Morgan fingerprint density at radius 1 is 0.576 bits per heavy atom. The Labute approximate surface area is 394 Å². The molecular formula is C46H54Cl2N12O6. The van der Waals surface area contributed by atoms with Gasteiger partial charge in [-0.05, 0) is 98.5 Å². The van der Waals surface area contributed by atoms with Gasteiger partial charge in [-0.2, -0.15) is 0 Å². The van der Waals surface area contributed by atoms with Crippen molar-refractivity contribution >= 4 is 71.7 Å². The van der Waals surface area contributed by atoms with Crippen molar-refractivity contribution in [2.75, 3.05) is 60.7 Å². The third-order valence-electron chi connectivity index (χ3n) is 11.5. The van der Waals surface area contributed by atoms with Crippen LogP contribution in [0, 0.1) is 0 Å². The second-order valence-electron chi connectivity index (χ2n) is 15.7. The zero-order valence-electron chi connectivity index (χ0n) is 36.4. The van der Waals surface area contributed by atoms with Crippen LogP contribution in [0.5, 0.6) is 11.5 Å². The van der Waals surface area contributed by atoms with E-state index in [0.717, 1.165) is 74.4 Å². The number of anilines is 4. The number of hydrogen-bond acceptors (Lipinski definition) is 10. The molecule has 0 spiro atoms. The summed E-state index contributed by atoms with van der Waals surface area (Å²) in [5.41, 5.74) is 16.4. The first-order valence-corrected chi connectivity index (χ1v) is 20.9. The lowest BCUT2D eigenvalue weighted by molar-refractivity contribution is 0.181. The minimum atomic E-state index is -0.638. The maximum Gasteiger partial charge on any atom is 0.329 e. The summed E-state index contributed by atoms with van der Waals surface area (Å²) in [4.78, 5) is 65.0. The average Bonchev–Trinajstić information content (AvgIpc) is 4.01. The Kier molecular flexibility index (Phi) is 16.9. The van der Waals surface area contributed by atoms with E-state index in [-0.39, 0.29) is 60.5 Å². The van der Waals surface area contributed by atoms with E-state index in [1.807, 2.05) is 50.5 Å². The molecule has 20 heteroatoms. The van der Waals surface area contributed by atoms with Gasteiger partial charge in [0, 0.05) is 98.6 Å². The third-order valence-corrected chi connectivity index (χ3v) is 11.5. The fourth-order valence-corrected chi connectivity index (χ4v) is 7.98. The number of hydrogen-bond donors (Lipinski definition) is 6. The quantitative estimate of drug-likeness (QED) is 0.0881. The predicted molar refractivity (Wildman–Crippen MR) is 260 cm³/mol. The molecule has 348 valence electrons. The number of nitrogens with two attached hydrogens (primary N) is 2. The Hall–Kier alpha value is -7.44. The highest BCUT2D eigenvalue weighted by Gasteiger charge is 2.28. The first-order chi connectivity index (χ1) is 30.8. The molecule has 0 radical (unpaired) electrons. The van der Waals surface area contributed by atoms with Crippen LogP contribution < -0.4 is 31.9 Å². The molecular weight excluding hydrogens is 887 g/mol. The van der Waals surface area contributed by atoms with Crippen LogP contribution >= 0.6 is 24.8 Å². The minimum Gasteiger partial charge on any atom is -0.508 e. The summed E-state index contributed by atoms with van der Waals surface area (Å²) in [5, 5.41) is 24.0. The van der Waals surface area contributed by atoms with Gasteiger partial charge in [0.1, 0.15) is 24.2 Å². The maximum absolute atomic E-state index is 13.0. The second kappa shape index (κ2) is 22.5. The molecule has 0 aliphatic carbocycles. The first kappa shape index (κ1) is 49.6. The largest absolute Gasteiger partial charge is 0.508 e. The third kappa shape index (κ3) is 12.4. The molecule has 2 aliphatic heterocycles. The molecule has 0 atom stereocenters. The minimum absolute atomic E-state index is 0. The Balaban J connectivity index is 0.000000240. The Morgan fingerprint density at radius 3 is 1.26 bits per heavy atom. The number of piperidine rings is 2. The van der Waals surface area contributed by atoms with Crippen molar-refractivity contribution in [3.8, 4) is 34.0 Å². The lowest BCUT2D eigenvalue weighted by Gasteiger charge is -2.37. The van der Waals surface area contributed by atoms with Gasteiger partial charge in [-0.15, -0.1) is 24.8 Å². The molecule has 0 bridgehead atoms. The van der Waals surface area contributed by atoms with Gasteiger partial charge in [-0.25, -0.2) is 29.1 Å². The van der Waals surface area contributed by atoms with Gasteiger partial charge in [-0.3, -0.25) is 9.13 Å². The summed E-state index contributed by atoms with van der Waals surface area (Å²) in [6, 6.07) is 27.3. The molecule has 8 rings (SSSR count). The van der Waals surface area contributed by atoms with Crippen molar-refractivity contribution in [2.45, 2.75) is 37.8 Å². The van der Waals surface area contributed by atoms with Gasteiger partial charge in [0.25, 0.3) is 0 Å². The van der Waals surface area contributed by atoms with Gasteiger partial charge in [0.2, 0.25) is 0 Å². The van der Waals surface area contributed by atoms with Gasteiger partial charge < -0.3 is 51.9 Å². The molecule has 2 aliphatic rings. The zero-order chi connectivity index (χ0) is 45.3. The van der Waals surface area contributed by atoms with E-state index in [2.05, 4.69) is 30.4 Å². The number of imidazole rings is 2. The van der Waals surface area contributed by atoms with Crippen molar-refractivity contribution in [3.63, 3.8) is 0 Å². The van der Waals surface area contributed by atoms with E-state index in [0.29, 0.717) is 22.8 Å². The van der Waals surface area contributed by atoms with Crippen LogP contribution in [0.3, 0.4) is 0 Å². The fourth-order valence-electron chi connectivity index (χ4n) is 7.98. The molecule has 0 saturated carbocycles. The van der Waals surface area contributed by atoms with Crippen molar-refractivity contribution in [1.82, 2.24) is 28.9 Å². The molecule has 4 aromatic carbocycles. The Morgan fingerprint density at radius 2 is 0.924 bits per heavy atom. The number of nitrogens with one attached hydrogen (secondary N) is 2. The number of aromatic nitrogens is 4. The maximum atomic E-state index is 13.0. The number of aromatic hydroxyl groups is 2. The Bertz CT molecular complexity index is 2400. The summed E-state index contributed by atoms with van der Waals surface area (Å²) in [7, 11) is 3.64. The zero-order valence-corrected chi connectivity index (χ0v) is 38.1. The van der Waals surface area contributed by atoms with Crippen LogP contribution in [0.2, 0.25) is 0 Å². The highest BCUT2D eigenvalue weighted by Crippen LogP contribution is 2.28. The summed E-state index contributed by atoms with van der Waals surface area (Å²) in [6.07, 6.45) is 9.80. The summed E-state index contributed by atoms with van der Waals surface area (Å²) in [6.45, 7) is 3.34. The number of carbonyl (C=O) groups is 4. The number of halogens is 2. The van der Waals surface area contributed by atoms with Gasteiger partial charge in [0.15, 0.2) is 0 Å². The van der Waals surface area contributed by atoms with Crippen molar-refractivity contribution in [3.05, 3.63) is 122 Å². The van der Waals surface area contributed by atoms with E-state index in [1.165, 1.54) is 21.8 Å². The average molecular weight is 942 g/mol. The normalized spacial score (nSPS) is 13.8. The molecule has 2 saturated heterocycles. The number of amides is 6. The van der Waals surface area contributed by atoms with Gasteiger partial charge in [0.05, 0.1) is 11.4 Å². The molecule has 2 aromatic heterocycles. The van der Waals surface area contributed by atoms with Crippen LogP contribution in [-0.4, -0.2) is 116 Å². The number of primary amides is 2. The first-order valence-electron chi connectivity index (χ1n) is 20.9. The molecule has 4 heterocycles. The van der Waals surface area contributed by atoms with Crippen molar-refractivity contribution in [2.24, 2.45) is 11.5 Å². The van der Waals surface area contributed by atoms with Crippen molar-refractivity contribution < 1.29 is 29.4 Å². The van der Waals surface area contributed by atoms with E-state index >= 15 is 0 Å². The molecule has 18 nitrogen and oxygen atoms in total. The molecule has 66 heavy (non-hydrogen) atoms.